The monoisotopic (exact) mass is 307 g/mol. The minimum atomic E-state index is -0.792. The van der Waals surface area contributed by atoms with Crippen LogP contribution in [-0.4, -0.2) is 36.3 Å². The fourth-order valence-corrected chi connectivity index (χ4v) is 2.12. The lowest BCUT2D eigenvalue weighted by molar-refractivity contribution is -0.384. The van der Waals surface area contributed by atoms with Crippen LogP contribution in [0.4, 0.5) is 5.69 Å². The van der Waals surface area contributed by atoms with Gasteiger partial charge in [0.05, 0.1) is 28.8 Å². The lowest BCUT2D eigenvalue weighted by Gasteiger charge is -2.32. The number of esters is 1. The van der Waals surface area contributed by atoms with Crippen LogP contribution in [0.3, 0.4) is 0 Å². The van der Waals surface area contributed by atoms with Crippen molar-refractivity contribution in [3.05, 3.63) is 33.9 Å². The smallest absolute Gasteiger partial charge is 0.465 e. The number of ether oxygens (including phenoxy) is 1. The van der Waals surface area contributed by atoms with E-state index in [0.29, 0.717) is 5.46 Å². The number of carbonyl (C=O) groups excluding carboxylic acids is 1. The quantitative estimate of drug-likeness (QED) is 0.365. The first-order chi connectivity index (χ1) is 10.1. The first-order valence-corrected chi connectivity index (χ1v) is 6.81. The molecule has 1 fully saturated rings. The zero-order valence-corrected chi connectivity index (χ0v) is 13.2. The fourth-order valence-electron chi connectivity index (χ4n) is 2.12. The Morgan fingerprint density at radius 2 is 1.77 bits per heavy atom. The summed E-state index contributed by atoms with van der Waals surface area (Å²) in [4.78, 5) is 22.3. The van der Waals surface area contributed by atoms with E-state index in [9.17, 15) is 14.9 Å². The molecule has 0 unspecified atom stereocenters. The second-order valence-corrected chi connectivity index (χ2v) is 6.11. The number of rotatable bonds is 3. The van der Waals surface area contributed by atoms with Gasteiger partial charge in [-0.05, 0) is 33.2 Å². The molecule has 22 heavy (non-hydrogen) atoms. The molecular formula is C14H18BNO6. The Labute approximate surface area is 128 Å². The summed E-state index contributed by atoms with van der Waals surface area (Å²) in [6.07, 6.45) is 0. The molecule has 1 aromatic rings. The molecule has 8 heteroatoms. The number of benzene rings is 1. The van der Waals surface area contributed by atoms with Gasteiger partial charge in [-0.3, -0.25) is 10.1 Å². The van der Waals surface area contributed by atoms with Crippen LogP contribution < -0.4 is 5.46 Å². The minimum absolute atomic E-state index is 0.0650. The van der Waals surface area contributed by atoms with Crippen molar-refractivity contribution in [2.75, 3.05) is 7.11 Å². The lowest BCUT2D eigenvalue weighted by Crippen LogP contribution is -2.41. The normalized spacial score (nSPS) is 19.0. The van der Waals surface area contributed by atoms with Crippen molar-refractivity contribution in [1.82, 2.24) is 0 Å². The van der Waals surface area contributed by atoms with Gasteiger partial charge in [0.2, 0.25) is 0 Å². The second kappa shape index (κ2) is 5.37. The summed E-state index contributed by atoms with van der Waals surface area (Å²) in [6, 6.07) is 3.95. The predicted molar refractivity (Wildman–Crippen MR) is 80.2 cm³/mol. The van der Waals surface area contributed by atoms with Gasteiger partial charge in [0.25, 0.3) is 5.69 Å². The summed E-state index contributed by atoms with van der Waals surface area (Å²) in [5, 5.41) is 10.9. The Morgan fingerprint density at radius 3 is 2.23 bits per heavy atom. The first kappa shape index (κ1) is 16.4. The molecule has 0 saturated carbocycles. The van der Waals surface area contributed by atoms with Crippen LogP contribution in [0.1, 0.15) is 38.1 Å². The zero-order chi connectivity index (χ0) is 16.7. The van der Waals surface area contributed by atoms with Gasteiger partial charge in [-0.2, -0.15) is 0 Å². The third-order valence-corrected chi connectivity index (χ3v) is 4.16. The molecule has 1 aliphatic heterocycles. The first-order valence-electron chi connectivity index (χ1n) is 6.81. The van der Waals surface area contributed by atoms with Crippen LogP contribution in [0.2, 0.25) is 0 Å². The van der Waals surface area contributed by atoms with Crippen molar-refractivity contribution in [2.24, 2.45) is 0 Å². The average molecular weight is 307 g/mol. The molecule has 7 nitrogen and oxygen atoms in total. The van der Waals surface area contributed by atoms with Crippen molar-refractivity contribution in [3.63, 3.8) is 0 Å². The number of hydrogen-bond donors (Lipinski definition) is 0. The Bertz CT molecular complexity index is 612. The molecule has 2 rings (SSSR count). The summed E-state index contributed by atoms with van der Waals surface area (Å²) in [5.41, 5.74) is -0.869. The Kier molecular flexibility index (Phi) is 4.01. The van der Waals surface area contributed by atoms with Crippen LogP contribution in [-0.2, 0) is 14.0 Å². The fraction of sp³-hybridized carbons (Fsp3) is 0.500. The average Bonchev–Trinajstić information content (AvgIpc) is 2.65. The van der Waals surface area contributed by atoms with Crippen LogP contribution >= 0.6 is 0 Å². The van der Waals surface area contributed by atoms with E-state index in [4.69, 9.17) is 14.0 Å². The molecular weight excluding hydrogens is 289 g/mol. The number of nitro groups is 1. The predicted octanol–water partition coefficient (Wildman–Crippen LogP) is 1.68. The number of nitro benzene ring substituents is 1. The summed E-state index contributed by atoms with van der Waals surface area (Å²) in [7, 11) is 0.426. The maximum absolute atomic E-state index is 11.9. The van der Waals surface area contributed by atoms with E-state index in [-0.39, 0.29) is 11.3 Å². The maximum atomic E-state index is 11.9. The minimum Gasteiger partial charge on any atom is -0.465 e. The topological polar surface area (TPSA) is 87.9 Å². The van der Waals surface area contributed by atoms with Crippen molar-refractivity contribution >= 4 is 24.2 Å². The Balaban J connectivity index is 2.48. The molecule has 0 N–H and O–H groups in total. The molecule has 0 amide bonds. The SMILES string of the molecule is COC(=O)c1cc([N+](=O)[O-])ccc1B1OC(C)(C)C(C)(C)O1. The van der Waals surface area contributed by atoms with Gasteiger partial charge in [0.15, 0.2) is 0 Å². The van der Waals surface area contributed by atoms with Gasteiger partial charge >= 0.3 is 13.1 Å². The van der Waals surface area contributed by atoms with Gasteiger partial charge in [-0.1, -0.05) is 6.07 Å². The zero-order valence-electron chi connectivity index (χ0n) is 13.2. The highest BCUT2D eigenvalue weighted by Crippen LogP contribution is 2.36. The summed E-state index contributed by atoms with van der Waals surface area (Å²) < 4.78 is 16.5. The Hall–Kier alpha value is -1.93. The molecule has 0 aromatic heterocycles. The van der Waals surface area contributed by atoms with E-state index in [0.717, 1.165) is 0 Å². The van der Waals surface area contributed by atoms with E-state index in [2.05, 4.69) is 0 Å². The number of carbonyl (C=O) groups is 1. The van der Waals surface area contributed by atoms with Crippen LogP contribution in [0, 0.1) is 10.1 Å². The lowest BCUT2D eigenvalue weighted by atomic mass is 9.75. The summed E-state index contributed by atoms with van der Waals surface area (Å²) in [6.45, 7) is 7.54. The van der Waals surface area contributed by atoms with Gasteiger partial charge in [-0.15, -0.1) is 0 Å². The number of non-ortho nitro benzene ring substituents is 1. The molecule has 1 aromatic carbocycles. The summed E-state index contributed by atoms with van der Waals surface area (Å²) >= 11 is 0. The molecule has 0 bridgehead atoms. The molecule has 118 valence electrons. The van der Waals surface area contributed by atoms with Crippen molar-refractivity contribution in [1.29, 1.82) is 0 Å². The van der Waals surface area contributed by atoms with E-state index in [1.54, 1.807) is 0 Å². The van der Waals surface area contributed by atoms with Gasteiger partial charge in [0.1, 0.15) is 0 Å². The molecule has 0 atom stereocenters. The molecule has 0 aliphatic carbocycles. The molecule has 0 radical (unpaired) electrons. The standard InChI is InChI=1S/C14H18BNO6/c1-13(2)14(3,4)22-15(21-13)11-7-6-9(16(18)19)8-10(11)12(17)20-5/h6-8H,1-5H3. The third kappa shape index (κ3) is 2.71. The molecule has 1 saturated heterocycles. The second-order valence-electron chi connectivity index (χ2n) is 6.11. The maximum Gasteiger partial charge on any atom is 0.495 e. The van der Waals surface area contributed by atoms with E-state index < -0.39 is 29.2 Å². The van der Waals surface area contributed by atoms with Crippen LogP contribution in [0.25, 0.3) is 0 Å². The highest BCUT2D eigenvalue weighted by molar-refractivity contribution is 6.63. The van der Waals surface area contributed by atoms with Gasteiger partial charge in [-0.25, -0.2) is 4.79 Å². The highest BCUT2D eigenvalue weighted by Gasteiger charge is 2.52. The number of methoxy groups -OCH3 is 1. The summed E-state index contributed by atoms with van der Waals surface area (Å²) in [5.74, 6) is -0.673. The highest BCUT2D eigenvalue weighted by atomic mass is 16.7. The van der Waals surface area contributed by atoms with Crippen LogP contribution in [0.15, 0.2) is 18.2 Å². The largest absolute Gasteiger partial charge is 0.495 e. The van der Waals surface area contributed by atoms with Crippen LogP contribution in [0.5, 0.6) is 0 Å². The Morgan fingerprint density at radius 1 is 1.23 bits per heavy atom. The van der Waals surface area contributed by atoms with E-state index in [1.165, 1.54) is 25.3 Å². The van der Waals surface area contributed by atoms with Gasteiger partial charge < -0.3 is 14.0 Å². The molecule has 1 aliphatic rings. The molecule has 1 heterocycles. The number of nitrogens with zero attached hydrogens (tertiary/aromatic N) is 1. The van der Waals surface area contributed by atoms with E-state index >= 15 is 0 Å². The van der Waals surface area contributed by atoms with Crippen molar-refractivity contribution in [2.45, 2.75) is 38.9 Å². The number of hydrogen-bond acceptors (Lipinski definition) is 6. The molecule has 0 spiro atoms. The third-order valence-electron chi connectivity index (χ3n) is 4.16. The van der Waals surface area contributed by atoms with Crippen molar-refractivity contribution < 1.29 is 23.8 Å². The van der Waals surface area contributed by atoms with E-state index in [1.807, 2.05) is 27.7 Å². The van der Waals surface area contributed by atoms with Crippen molar-refractivity contribution in [3.8, 4) is 0 Å². The van der Waals surface area contributed by atoms with Gasteiger partial charge in [0, 0.05) is 12.1 Å².